The van der Waals surface area contributed by atoms with E-state index in [4.69, 9.17) is 4.74 Å². The second-order valence-corrected chi connectivity index (χ2v) is 6.77. The van der Waals surface area contributed by atoms with Crippen LogP contribution in [-0.2, 0) is 25.1 Å². The van der Waals surface area contributed by atoms with Gasteiger partial charge in [0.2, 0.25) is 0 Å². The van der Waals surface area contributed by atoms with Crippen LogP contribution in [0.25, 0.3) is 0 Å². The number of carbonyl (C=O) groups excluding carboxylic acids is 1. The lowest BCUT2D eigenvalue weighted by atomic mass is 10.2. The molecule has 0 radical (unpaired) electrons. The Balaban J connectivity index is 2.88. The molecule has 1 aromatic carbocycles. The molecule has 0 aliphatic rings. The number of carbonyl (C=O) groups is 1. The highest BCUT2D eigenvalue weighted by Gasteiger charge is 2.25. The quantitative estimate of drug-likeness (QED) is 0.748. The van der Waals surface area contributed by atoms with Crippen LogP contribution in [0.3, 0.4) is 0 Å². The molecule has 20 heavy (non-hydrogen) atoms. The molecule has 0 fully saturated rings. The van der Waals surface area contributed by atoms with Crippen LogP contribution in [0.4, 0.5) is 4.39 Å². The first-order chi connectivity index (χ1) is 9.30. The Morgan fingerprint density at radius 2 is 2.00 bits per heavy atom. The van der Waals surface area contributed by atoms with Crippen molar-refractivity contribution in [2.24, 2.45) is 0 Å². The van der Waals surface area contributed by atoms with E-state index >= 15 is 0 Å². The van der Waals surface area contributed by atoms with Gasteiger partial charge in [0.25, 0.3) is 0 Å². The van der Waals surface area contributed by atoms with Crippen molar-refractivity contribution < 1.29 is 27.1 Å². The summed E-state index contributed by atoms with van der Waals surface area (Å²) in [6.45, 7) is 1.40. The number of halogens is 1. The summed E-state index contributed by atoms with van der Waals surface area (Å²) in [5.41, 5.74) is 0.0440. The van der Waals surface area contributed by atoms with Crippen molar-refractivity contribution in [3.63, 3.8) is 0 Å². The van der Waals surface area contributed by atoms with Crippen molar-refractivity contribution in [1.29, 1.82) is 0 Å². The number of sulfone groups is 1. The van der Waals surface area contributed by atoms with Crippen molar-refractivity contribution in [1.82, 2.24) is 0 Å². The molecule has 0 spiro atoms. The average molecular weight is 304 g/mol. The summed E-state index contributed by atoms with van der Waals surface area (Å²) >= 11 is 0. The molecule has 0 saturated carbocycles. The Morgan fingerprint density at radius 1 is 1.35 bits per heavy atom. The van der Waals surface area contributed by atoms with E-state index in [1.165, 1.54) is 33.3 Å². The average Bonchev–Trinajstić information content (AvgIpc) is 2.40. The first kappa shape index (κ1) is 16.4. The van der Waals surface area contributed by atoms with Gasteiger partial charge in [-0.25, -0.2) is 12.8 Å². The van der Waals surface area contributed by atoms with Gasteiger partial charge >= 0.3 is 5.97 Å². The van der Waals surface area contributed by atoms with Crippen molar-refractivity contribution >= 4 is 15.8 Å². The molecule has 0 saturated heterocycles. The predicted octanol–water partition coefficient (Wildman–Crippen LogP) is 1.70. The normalized spacial score (nSPS) is 12.8. The topological polar surface area (TPSA) is 69.7 Å². The van der Waals surface area contributed by atoms with Crippen LogP contribution in [0.2, 0.25) is 0 Å². The van der Waals surface area contributed by atoms with Crippen LogP contribution in [-0.4, -0.2) is 33.9 Å². The van der Waals surface area contributed by atoms with Gasteiger partial charge in [0, 0.05) is 11.6 Å². The summed E-state index contributed by atoms with van der Waals surface area (Å²) in [6, 6.07) is 3.96. The maximum absolute atomic E-state index is 13.7. The number of hydrogen-bond donors (Lipinski definition) is 0. The van der Waals surface area contributed by atoms with Gasteiger partial charge in [-0.15, -0.1) is 0 Å². The van der Waals surface area contributed by atoms with Crippen LogP contribution in [0, 0.1) is 5.82 Å². The fourth-order valence-electron chi connectivity index (χ4n) is 1.58. The second-order valence-electron chi connectivity index (χ2n) is 4.36. The SMILES string of the molecule is COC(=O)CC(C)S(=O)(=O)Cc1ccc(OC)cc1F. The van der Waals surface area contributed by atoms with E-state index in [9.17, 15) is 17.6 Å². The van der Waals surface area contributed by atoms with Crippen LogP contribution < -0.4 is 4.74 Å². The van der Waals surface area contributed by atoms with Gasteiger partial charge in [0.15, 0.2) is 9.84 Å². The monoisotopic (exact) mass is 304 g/mol. The van der Waals surface area contributed by atoms with Gasteiger partial charge in [-0.05, 0) is 13.0 Å². The minimum Gasteiger partial charge on any atom is -0.497 e. The number of esters is 1. The lowest BCUT2D eigenvalue weighted by Gasteiger charge is -2.12. The third-order valence-electron chi connectivity index (χ3n) is 2.91. The standard InChI is InChI=1S/C13H17FO5S/c1-9(6-13(15)19-3)20(16,17)8-10-4-5-11(18-2)7-12(10)14/h4-5,7,9H,6,8H2,1-3H3. The molecule has 1 aromatic rings. The van der Waals surface area contributed by atoms with Crippen molar-refractivity contribution in [2.45, 2.75) is 24.3 Å². The van der Waals surface area contributed by atoms with Crippen LogP contribution in [0.5, 0.6) is 5.75 Å². The molecular weight excluding hydrogens is 287 g/mol. The first-order valence-corrected chi connectivity index (χ1v) is 7.62. The fraction of sp³-hybridized carbons (Fsp3) is 0.462. The van der Waals surface area contributed by atoms with Crippen molar-refractivity contribution in [3.8, 4) is 5.75 Å². The lowest BCUT2D eigenvalue weighted by molar-refractivity contribution is -0.140. The summed E-state index contributed by atoms with van der Waals surface area (Å²) in [5, 5.41) is -0.934. The van der Waals surface area contributed by atoms with Crippen LogP contribution in [0.1, 0.15) is 18.9 Å². The molecule has 5 nitrogen and oxygen atoms in total. The number of methoxy groups -OCH3 is 2. The van der Waals surface area contributed by atoms with Crippen molar-refractivity contribution in [2.75, 3.05) is 14.2 Å². The van der Waals surface area contributed by atoms with Gasteiger partial charge in [0.1, 0.15) is 11.6 Å². The Morgan fingerprint density at radius 3 is 2.50 bits per heavy atom. The molecule has 1 rings (SSSR count). The van der Waals surface area contributed by atoms with E-state index in [-0.39, 0.29) is 12.0 Å². The second kappa shape index (κ2) is 6.69. The summed E-state index contributed by atoms with van der Waals surface area (Å²) < 4.78 is 47.1. The number of benzene rings is 1. The predicted molar refractivity (Wildman–Crippen MR) is 71.7 cm³/mol. The highest BCUT2D eigenvalue weighted by molar-refractivity contribution is 7.91. The summed E-state index contributed by atoms with van der Waals surface area (Å²) in [6.07, 6.45) is -0.253. The van der Waals surface area contributed by atoms with Gasteiger partial charge in [-0.1, -0.05) is 6.07 Å². The highest BCUT2D eigenvalue weighted by Crippen LogP contribution is 2.20. The Hall–Kier alpha value is -1.63. The maximum Gasteiger partial charge on any atom is 0.306 e. The summed E-state index contributed by atoms with van der Waals surface area (Å²) in [5.74, 6) is -1.43. The number of rotatable bonds is 6. The van der Waals surface area contributed by atoms with Crippen LogP contribution in [0.15, 0.2) is 18.2 Å². The van der Waals surface area contributed by atoms with E-state index in [2.05, 4.69) is 4.74 Å². The minimum absolute atomic E-state index is 0.0440. The molecule has 112 valence electrons. The first-order valence-electron chi connectivity index (χ1n) is 5.91. The van der Waals surface area contributed by atoms with E-state index in [1.807, 2.05) is 0 Å². The molecular formula is C13H17FO5S. The number of hydrogen-bond acceptors (Lipinski definition) is 5. The van der Waals surface area contributed by atoms with Gasteiger partial charge in [-0.2, -0.15) is 0 Å². The molecule has 1 unspecified atom stereocenters. The third kappa shape index (κ3) is 4.19. The van der Waals surface area contributed by atoms with E-state index in [0.717, 1.165) is 6.07 Å². The maximum atomic E-state index is 13.7. The zero-order valence-electron chi connectivity index (χ0n) is 11.6. The summed E-state index contributed by atoms with van der Waals surface area (Å²) in [7, 11) is -1.06. The molecule has 0 aliphatic carbocycles. The minimum atomic E-state index is -3.64. The van der Waals surface area contributed by atoms with Gasteiger partial charge < -0.3 is 9.47 Å². The Kier molecular flexibility index (Phi) is 5.50. The molecule has 0 bridgehead atoms. The fourth-order valence-corrected chi connectivity index (χ4v) is 2.92. The molecule has 0 N–H and O–H groups in total. The van der Waals surface area contributed by atoms with Crippen LogP contribution >= 0.6 is 0 Å². The molecule has 0 aromatic heterocycles. The Bertz CT molecular complexity index is 582. The Labute approximate surface area is 117 Å². The van der Waals surface area contributed by atoms with E-state index < -0.39 is 32.6 Å². The highest BCUT2D eigenvalue weighted by atomic mass is 32.2. The number of ether oxygens (including phenoxy) is 2. The molecule has 0 aliphatic heterocycles. The third-order valence-corrected chi connectivity index (χ3v) is 5.02. The molecule has 1 atom stereocenters. The zero-order chi connectivity index (χ0) is 15.3. The molecule has 7 heteroatoms. The lowest BCUT2D eigenvalue weighted by Crippen LogP contribution is -2.23. The largest absolute Gasteiger partial charge is 0.497 e. The molecule has 0 heterocycles. The molecule has 0 amide bonds. The van der Waals surface area contributed by atoms with E-state index in [0.29, 0.717) is 5.75 Å². The van der Waals surface area contributed by atoms with Gasteiger partial charge in [0.05, 0.1) is 31.6 Å². The smallest absolute Gasteiger partial charge is 0.306 e. The summed E-state index contributed by atoms with van der Waals surface area (Å²) in [4.78, 5) is 11.1. The zero-order valence-corrected chi connectivity index (χ0v) is 12.4. The van der Waals surface area contributed by atoms with Gasteiger partial charge in [-0.3, -0.25) is 4.79 Å². The van der Waals surface area contributed by atoms with Crippen molar-refractivity contribution in [3.05, 3.63) is 29.6 Å². The van der Waals surface area contributed by atoms with E-state index in [1.54, 1.807) is 0 Å².